The number of amides is 2. The van der Waals surface area contributed by atoms with E-state index in [4.69, 9.17) is 15.2 Å². The molecule has 0 unspecified atom stereocenters. The van der Waals surface area contributed by atoms with Crippen molar-refractivity contribution in [1.29, 1.82) is 0 Å². The first kappa shape index (κ1) is 16.3. The number of nitrogens with one attached hydrogen (secondary N) is 1. The Bertz CT molecular complexity index is 531. The van der Waals surface area contributed by atoms with Crippen LogP contribution in [0.15, 0.2) is 23.3 Å². The molecule has 2 amide bonds. The largest absolute Gasteiger partial charge is 0.490 e. The zero-order chi connectivity index (χ0) is 15.7. The van der Waals surface area contributed by atoms with Crippen LogP contribution in [0.1, 0.15) is 12.5 Å². The Kier molecular flexibility index (Phi) is 6.52. The molecule has 0 atom stereocenters. The zero-order valence-electron chi connectivity index (χ0n) is 11.8. The SMILES string of the molecule is CCOc1cc(/C=N\NC(N)=O)ccc1OCC(=O)OC. The molecule has 1 aromatic rings. The highest BCUT2D eigenvalue weighted by Gasteiger charge is 2.08. The number of ether oxygens (including phenoxy) is 3. The van der Waals surface area contributed by atoms with Crippen molar-refractivity contribution in [3.05, 3.63) is 23.8 Å². The van der Waals surface area contributed by atoms with Gasteiger partial charge >= 0.3 is 12.0 Å². The van der Waals surface area contributed by atoms with Crippen LogP contribution in [0.25, 0.3) is 0 Å². The quantitative estimate of drug-likeness (QED) is 0.435. The number of methoxy groups -OCH3 is 1. The first-order valence-electron chi connectivity index (χ1n) is 6.11. The lowest BCUT2D eigenvalue weighted by molar-refractivity contribution is -0.142. The minimum Gasteiger partial charge on any atom is -0.490 e. The second-order valence-electron chi connectivity index (χ2n) is 3.74. The van der Waals surface area contributed by atoms with Crippen molar-refractivity contribution >= 4 is 18.2 Å². The number of hydrazone groups is 1. The lowest BCUT2D eigenvalue weighted by Crippen LogP contribution is -2.24. The Morgan fingerprint density at radius 1 is 1.33 bits per heavy atom. The summed E-state index contributed by atoms with van der Waals surface area (Å²) in [5.74, 6) is 0.362. The third kappa shape index (κ3) is 5.81. The van der Waals surface area contributed by atoms with Crippen molar-refractivity contribution in [2.75, 3.05) is 20.3 Å². The second kappa shape index (κ2) is 8.41. The van der Waals surface area contributed by atoms with Gasteiger partial charge in [0, 0.05) is 0 Å². The topological polar surface area (TPSA) is 112 Å². The van der Waals surface area contributed by atoms with E-state index < -0.39 is 12.0 Å². The van der Waals surface area contributed by atoms with E-state index in [1.165, 1.54) is 13.3 Å². The van der Waals surface area contributed by atoms with Crippen molar-refractivity contribution in [1.82, 2.24) is 5.43 Å². The van der Waals surface area contributed by atoms with Crippen molar-refractivity contribution in [2.45, 2.75) is 6.92 Å². The molecular weight excluding hydrogens is 278 g/mol. The van der Waals surface area contributed by atoms with E-state index in [1.807, 2.05) is 6.92 Å². The smallest absolute Gasteiger partial charge is 0.343 e. The number of benzene rings is 1. The standard InChI is InChI=1S/C13H17N3O5/c1-3-20-11-6-9(7-15-16-13(14)18)4-5-10(11)21-8-12(17)19-2/h4-7H,3,8H2,1-2H3,(H3,14,16,18)/b15-7-. The summed E-state index contributed by atoms with van der Waals surface area (Å²) in [6.07, 6.45) is 1.40. The zero-order valence-corrected chi connectivity index (χ0v) is 11.8. The van der Waals surface area contributed by atoms with Crippen LogP contribution < -0.4 is 20.6 Å². The van der Waals surface area contributed by atoms with Gasteiger partial charge in [0.15, 0.2) is 18.1 Å². The summed E-state index contributed by atoms with van der Waals surface area (Å²) in [7, 11) is 1.28. The van der Waals surface area contributed by atoms with E-state index >= 15 is 0 Å². The van der Waals surface area contributed by atoms with Gasteiger partial charge in [-0.25, -0.2) is 15.0 Å². The number of hydrogen-bond acceptors (Lipinski definition) is 6. The van der Waals surface area contributed by atoms with Gasteiger partial charge in [0.2, 0.25) is 0 Å². The molecule has 114 valence electrons. The molecule has 0 spiro atoms. The minimum atomic E-state index is -0.755. The fourth-order valence-electron chi connectivity index (χ4n) is 1.36. The van der Waals surface area contributed by atoms with E-state index in [0.29, 0.717) is 23.7 Å². The molecule has 0 heterocycles. The van der Waals surface area contributed by atoms with Crippen LogP contribution in [0, 0.1) is 0 Å². The van der Waals surface area contributed by atoms with Gasteiger partial charge in [-0.2, -0.15) is 5.10 Å². The summed E-state index contributed by atoms with van der Waals surface area (Å²) in [4.78, 5) is 21.6. The van der Waals surface area contributed by atoms with Gasteiger partial charge in [0.1, 0.15) is 0 Å². The molecular formula is C13H17N3O5. The molecule has 3 N–H and O–H groups in total. The van der Waals surface area contributed by atoms with Gasteiger partial charge in [0.05, 0.1) is 19.9 Å². The van der Waals surface area contributed by atoms with Gasteiger partial charge in [0.25, 0.3) is 0 Å². The predicted octanol–water partition coefficient (Wildman–Crippen LogP) is 0.639. The van der Waals surface area contributed by atoms with E-state index in [9.17, 15) is 9.59 Å². The third-order valence-electron chi connectivity index (χ3n) is 2.23. The number of esters is 1. The van der Waals surface area contributed by atoms with E-state index in [2.05, 4.69) is 15.3 Å². The number of hydrogen-bond donors (Lipinski definition) is 2. The highest BCUT2D eigenvalue weighted by Crippen LogP contribution is 2.28. The average molecular weight is 295 g/mol. The summed E-state index contributed by atoms with van der Waals surface area (Å²) < 4.78 is 15.2. The second-order valence-corrected chi connectivity index (χ2v) is 3.74. The number of carbonyl (C=O) groups excluding carboxylic acids is 2. The fraction of sp³-hybridized carbons (Fsp3) is 0.308. The molecule has 8 heteroatoms. The van der Waals surface area contributed by atoms with E-state index in [-0.39, 0.29) is 6.61 Å². The summed E-state index contributed by atoms with van der Waals surface area (Å²) in [5.41, 5.74) is 7.63. The lowest BCUT2D eigenvalue weighted by atomic mass is 10.2. The van der Waals surface area contributed by atoms with Crippen LogP contribution >= 0.6 is 0 Å². The Balaban J connectivity index is 2.82. The minimum absolute atomic E-state index is 0.215. The van der Waals surface area contributed by atoms with Crippen molar-refractivity contribution in [3.8, 4) is 11.5 Å². The molecule has 0 radical (unpaired) electrons. The van der Waals surface area contributed by atoms with Gasteiger partial charge in [-0.15, -0.1) is 0 Å². The molecule has 0 aliphatic carbocycles. The number of rotatable bonds is 7. The lowest BCUT2D eigenvalue weighted by Gasteiger charge is -2.11. The Labute approximate surface area is 121 Å². The third-order valence-corrected chi connectivity index (χ3v) is 2.23. The van der Waals surface area contributed by atoms with E-state index in [1.54, 1.807) is 18.2 Å². The molecule has 0 bridgehead atoms. The molecule has 8 nitrogen and oxygen atoms in total. The van der Waals surface area contributed by atoms with Gasteiger partial charge < -0.3 is 19.9 Å². The molecule has 21 heavy (non-hydrogen) atoms. The van der Waals surface area contributed by atoms with Crippen molar-refractivity contribution in [3.63, 3.8) is 0 Å². The Morgan fingerprint density at radius 2 is 2.10 bits per heavy atom. The van der Waals surface area contributed by atoms with Crippen molar-refractivity contribution < 1.29 is 23.8 Å². The number of primary amides is 1. The monoisotopic (exact) mass is 295 g/mol. The molecule has 0 saturated carbocycles. The fourth-order valence-corrected chi connectivity index (χ4v) is 1.36. The maximum Gasteiger partial charge on any atom is 0.343 e. The Hall–Kier alpha value is -2.77. The molecule has 0 aliphatic rings. The summed E-state index contributed by atoms with van der Waals surface area (Å²) in [6.45, 7) is 2.03. The van der Waals surface area contributed by atoms with Crippen molar-refractivity contribution in [2.24, 2.45) is 10.8 Å². The molecule has 0 fully saturated rings. The molecule has 1 rings (SSSR count). The van der Waals surface area contributed by atoms with Crippen LogP contribution in [0.4, 0.5) is 4.79 Å². The predicted molar refractivity (Wildman–Crippen MR) is 75.4 cm³/mol. The Morgan fingerprint density at radius 3 is 2.71 bits per heavy atom. The maximum absolute atomic E-state index is 11.1. The number of nitrogens with two attached hydrogens (primary N) is 1. The first-order valence-corrected chi connectivity index (χ1v) is 6.11. The highest BCUT2D eigenvalue weighted by molar-refractivity contribution is 5.82. The number of urea groups is 1. The number of nitrogens with zero attached hydrogens (tertiary/aromatic N) is 1. The first-order chi connectivity index (χ1) is 10.1. The summed E-state index contributed by atoms with van der Waals surface area (Å²) in [6, 6.07) is 4.21. The average Bonchev–Trinajstić information content (AvgIpc) is 2.46. The normalized spacial score (nSPS) is 10.2. The van der Waals surface area contributed by atoms with Crippen LogP contribution in [0.2, 0.25) is 0 Å². The van der Waals surface area contributed by atoms with E-state index in [0.717, 1.165) is 0 Å². The van der Waals surface area contributed by atoms with Gasteiger partial charge in [-0.05, 0) is 30.7 Å². The van der Waals surface area contributed by atoms with Gasteiger partial charge in [-0.3, -0.25) is 0 Å². The van der Waals surface area contributed by atoms with Crippen LogP contribution in [-0.2, 0) is 9.53 Å². The highest BCUT2D eigenvalue weighted by atomic mass is 16.6. The molecule has 1 aromatic carbocycles. The molecule has 0 aromatic heterocycles. The van der Waals surface area contributed by atoms with Crippen LogP contribution in [0.5, 0.6) is 11.5 Å². The molecule has 0 saturated heterocycles. The van der Waals surface area contributed by atoms with Gasteiger partial charge in [-0.1, -0.05) is 0 Å². The summed E-state index contributed by atoms with van der Waals surface area (Å²) >= 11 is 0. The molecule has 0 aliphatic heterocycles. The van der Waals surface area contributed by atoms with Crippen LogP contribution in [-0.4, -0.2) is 38.5 Å². The summed E-state index contributed by atoms with van der Waals surface area (Å²) in [5, 5.41) is 3.64. The van der Waals surface area contributed by atoms with Crippen LogP contribution in [0.3, 0.4) is 0 Å². The maximum atomic E-state index is 11.1. The number of carbonyl (C=O) groups is 2.